The third kappa shape index (κ3) is 4.43. The van der Waals surface area contributed by atoms with Gasteiger partial charge < -0.3 is 14.2 Å². The zero-order valence-corrected chi connectivity index (χ0v) is 17.5. The van der Waals surface area contributed by atoms with Gasteiger partial charge >= 0.3 is 0 Å². The first-order valence-electron chi connectivity index (χ1n) is 10.6. The lowest BCUT2D eigenvalue weighted by Crippen LogP contribution is -2.48. The third-order valence-corrected chi connectivity index (χ3v) is 5.77. The van der Waals surface area contributed by atoms with E-state index in [0.29, 0.717) is 17.9 Å². The Hall–Kier alpha value is -3.45. The Kier molecular flexibility index (Phi) is 5.73. The van der Waals surface area contributed by atoms with Crippen LogP contribution < -0.4 is 9.64 Å². The summed E-state index contributed by atoms with van der Waals surface area (Å²) >= 11 is 0. The molecule has 7 heteroatoms. The molecular formula is C25H23F2N3O2. The topological polar surface area (TPSA) is 41.7 Å². The summed E-state index contributed by atoms with van der Waals surface area (Å²) in [6.07, 6.45) is -0.177. The average molecular weight is 435 g/mol. The largest absolute Gasteiger partial charge is 0.484 e. The molecule has 5 nitrogen and oxygen atoms in total. The molecule has 2 heterocycles. The van der Waals surface area contributed by atoms with Crippen LogP contribution in [-0.4, -0.2) is 42.8 Å². The highest BCUT2D eigenvalue weighted by atomic mass is 19.1. The normalized spacial score (nSPS) is 15.8. The number of piperazine rings is 1. The van der Waals surface area contributed by atoms with E-state index >= 15 is 0 Å². The predicted octanol–water partition coefficient (Wildman–Crippen LogP) is 5.05. The van der Waals surface area contributed by atoms with Gasteiger partial charge in [0.1, 0.15) is 23.5 Å². The molecule has 0 aliphatic carbocycles. The lowest BCUT2D eigenvalue weighted by Gasteiger charge is -2.36. The zero-order chi connectivity index (χ0) is 21.9. The first-order chi connectivity index (χ1) is 15.7. The number of hydrogen-bond donors (Lipinski definition) is 0. The van der Waals surface area contributed by atoms with Crippen LogP contribution in [0.15, 0.2) is 77.3 Å². The van der Waals surface area contributed by atoms with E-state index in [9.17, 15) is 8.78 Å². The van der Waals surface area contributed by atoms with Gasteiger partial charge in [-0.3, -0.25) is 4.90 Å². The van der Waals surface area contributed by atoms with E-state index in [1.165, 1.54) is 24.3 Å². The maximum absolute atomic E-state index is 13.4. The van der Waals surface area contributed by atoms with Crippen LogP contribution in [0.2, 0.25) is 0 Å². The fourth-order valence-electron chi connectivity index (χ4n) is 4.06. The van der Waals surface area contributed by atoms with E-state index in [-0.39, 0.29) is 17.7 Å². The first-order valence-corrected chi connectivity index (χ1v) is 10.6. The molecule has 0 radical (unpaired) electrons. The Morgan fingerprint density at radius 2 is 1.59 bits per heavy atom. The van der Waals surface area contributed by atoms with Gasteiger partial charge in [-0.15, -0.1) is 0 Å². The second-order valence-corrected chi connectivity index (χ2v) is 7.91. The van der Waals surface area contributed by atoms with Crippen LogP contribution in [0.4, 0.5) is 14.6 Å². The molecule has 0 bridgehead atoms. The molecule has 1 aliphatic rings. The van der Waals surface area contributed by atoms with Gasteiger partial charge in [0.05, 0.1) is 5.39 Å². The van der Waals surface area contributed by atoms with Crippen molar-refractivity contribution in [1.29, 1.82) is 0 Å². The highest BCUT2D eigenvalue weighted by molar-refractivity contribution is 5.88. The molecule has 32 heavy (non-hydrogen) atoms. The lowest BCUT2D eigenvalue weighted by molar-refractivity contribution is 0.128. The molecule has 1 atom stereocenters. The molecule has 5 rings (SSSR count). The minimum atomic E-state index is -0.335. The van der Waals surface area contributed by atoms with Crippen LogP contribution in [0.3, 0.4) is 0 Å². The molecule has 3 aromatic carbocycles. The van der Waals surface area contributed by atoms with Crippen LogP contribution in [-0.2, 0) is 0 Å². The van der Waals surface area contributed by atoms with Crippen LogP contribution >= 0.6 is 0 Å². The standard InChI is InChI=1S/C25H23F2N3O2/c26-19-6-9-21(10-7-19)31-24(18-4-2-1-3-5-18)17-29-12-14-30(15-13-29)25-22-11-8-20(27)16-23(22)32-28-25/h1-11,16,24H,12-15,17H2. The maximum atomic E-state index is 13.4. The highest BCUT2D eigenvalue weighted by Crippen LogP contribution is 2.28. The monoisotopic (exact) mass is 435 g/mol. The fraction of sp³-hybridized carbons (Fsp3) is 0.240. The first kappa shape index (κ1) is 20.5. The number of fused-ring (bicyclic) bond motifs is 1. The molecule has 0 spiro atoms. The smallest absolute Gasteiger partial charge is 0.180 e. The van der Waals surface area contributed by atoms with E-state index in [4.69, 9.17) is 9.26 Å². The summed E-state index contributed by atoms with van der Waals surface area (Å²) in [7, 11) is 0. The van der Waals surface area contributed by atoms with Gasteiger partial charge in [-0.25, -0.2) is 8.78 Å². The minimum Gasteiger partial charge on any atom is -0.484 e. The minimum absolute atomic E-state index is 0.177. The summed E-state index contributed by atoms with van der Waals surface area (Å²) in [5, 5.41) is 4.99. The summed E-state index contributed by atoms with van der Waals surface area (Å²) in [5.74, 6) is 0.771. The number of hydrogen-bond acceptors (Lipinski definition) is 5. The molecule has 1 aromatic heterocycles. The molecule has 0 saturated carbocycles. The second kappa shape index (κ2) is 8.96. The van der Waals surface area contributed by atoms with Crippen molar-refractivity contribution >= 4 is 16.8 Å². The van der Waals surface area contributed by atoms with Crippen molar-refractivity contribution in [2.45, 2.75) is 6.10 Å². The van der Waals surface area contributed by atoms with Crippen LogP contribution in [0.25, 0.3) is 11.0 Å². The summed E-state index contributed by atoms with van der Waals surface area (Å²) in [5.41, 5.74) is 1.53. The number of nitrogens with zero attached hydrogens (tertiary/aromatic N) is 3. The number of ether oxygens (including phenoxy) is 1. The van der Waals surface area contributed by atoms with Crippen molar-refractivity contribution in [1.82, 2.24) is 10.1 Å². The van der Waals surface area contributed by atoms with Gasteiger partial charge in [-0.1, -0.05) is 35.5 Å². The molecule has 1 unspecified atom stereocenters. The van der Waals surface area contributed by atoms with Crippen LogP contribution in [0, 0.1) is 11.6 Å². The van der Waals surface area contributed by atoms with Gasteiger partial charge in [0, 0.05) is 38.8 Å². The quantitative estimate of drug-likeness (QED) is 0.424. The van der Waals surface area contributed by atoms with E-state index in [2.05, 4.69) is 15.0 Å². The molecule has 1 fully saturated rings. The van der Waals surface area contributed by atoms with Gasteiger partial charge in [0.2, 0.25) is 0 Å². The second-order valence-electron chi connectivity index (χ2n) is 7.91. The van der Waals surface area contributed by atoms with Crippen molar-refractivity contribution in [2.24, 2.45) is 0 Å². The van der Waals surface area contributed by atoms with Gasteiger partial charge in [-0.2, -0.15) is 0 Å². The van der Waals surface area contributed by atoms with E-state index in [0.717, 1.165) is 42.9 Å². The molecule has 1 saturated heterocycles. The van der Waals surface area contributed by atoms with Gasteiger partial charge in [0.15, 0.2) is 11.4 Å². The Bertz CT molecular complexity index is 1170. The summed E-state index contributed by atoms with van der Waals surface area (Å²) < 4.78 is 38.3. The van der Waals surface area contributed by atoms with Crippen molar-refractivity contribution in [3.05, 3.63) is 90.0 Å². The third-order valence-electron chi connectivity index (χ3n) is 5.77. The fourth-order valence-corrected chi connectivity index (χ4v) is 4.06. The van der Waals surface area contributed by atoms with Crippen molar-refractivity contribution in [3.63, 3.8) is 0 Å². The van der Waals surface area contributed by atoms with E-state index in [1.54, 1.807) is 18.2 Å². The Labute approximate surface area is 184 Å². The Morgan fingerprint density at radius 3 is 2.34 bits per heavy atom. The molecule has 0 N–H and O–H groups in total. The molecular weight excluding hydrogens is 412 g/mol. The number of anilines is 1. The van der Waals surface area contributed by atoms with Gasteiger partial charge in [0.25, 0.3) is 0 Å². The Morgan fingerprint density at radius 1 is 0.875 bits per heavy atom. The van der Waals surface area contributed by atoms with Crippen molar-refractivity contribution < 1.29 is 18.0 Å². The zero-order valence-electron chi connectivity index (χ0n) is 17.5. The predicted molar refractivity (Wildman–Crippen MR) is 119 cm³/mol. The molecule has 0 amide bonds. The number of halogens is 2. The molecule has 1 aliphatic heterocycles. The van der Waals surface area contributed by atoms with Crippen LogP contribution in [0.1, 0.15) is 11.7 Å². The molecule has 4 aromatic rings. The number of rotatable bonds is 6. The van der Waals surface area contributed by atoms with Gasteiger partial charge in [-0.05, 0) is 42.0 Å². The summed E-state index contributed by atoms with van der Waals surface area (Å²) in [4.78, 5) is 4.51. The number of aromatic nitrogens is 1. The summed E-state index contributed by atoms with van der Waals surface area (Å²) in [6, 6.07) is 20.7. The highest BCUT2D eigenvalue weighted by Gasteiger charge is 2.25. The van der Waals surface area contributed by atoms with E-state index in [1.807, 2.05) is 30.3 Å². The van der Waals surface area contributed by atoms with Crippen LogP contribution in [0.5, 0.6) is 5.75 Å². The lowest BCUT2D eigenvalue weighted by atomic mass is 10.1. The Balaban J connectivity index is 1.27. The summed E-state index contributed by atoms with van der Waals surface area (Å²) in [6.45, 7) is 3.91. The van der Waals surface area contributed by atoms with E-state index < -0.39 is 0 Å². The van der Waals surface area contributed by atoms with Crippen molar-refractivity contribution in [3.8, 4) is 5.75 Å². The SMILES string of the molecule is Fc1ccc(OC(CN2CCN(c3noc4cc(F)ccc34)CC2)c2ccccc2)cc1. The maximum Gasteiger partial charge on any atom is 0.180 e. The van der Waals surface area contributed by atoms with Crippen molar-refractivity contribution in [2.75, 3.05) is 37.6 Å². The average Bonchev–Trinajstić information content (AvgIpc) is 3.24. The number of benzene rings is 3. The molecule has 164 valence electrons.